The summed E-state index contributed by atoms with van der Waals surface area (Å²) in [5.41, 5.74) is 0. The molecule has 4 nitrogen and oxygen atoms in total. The predicted octanol–water partition coefficient (Wildman–Crippen LogP) is -0.176. The summed E-state index contributed by atoms with van der Waals surface area (Å²) in [6, 6.07) is 0. The summed E-state index contributed by atoms with van der Waals surface area (Å²) in [4.78, 5) is 14.7. The summed E-state index contributed by atoms with van der Waals surface area (Å²) >= 11 is 0. The van der Waals surface area contributed by atoms with Gasteiger partial charge in [0.15, 0.2) is 0 Å². The fraction of sp³-hybridized carbons (Fsp3) is 0. The first kappa shape index (κ1) is 17.2. The summed E-state index contributed by atoms with van der Waals surface area (Å²) in [6.07, 6.45) is 0. The standard InChI is InChI=1S/FH2O4P.Sr.Yb.2H/c1-5-6(2,3)4;;;;/h(H2,2,3,4);;;;/q;+2;;2*-1. The minimum absolute atomic E-state index is 0. The number of phosphoric acid groups is 1. The molecule has 56 valence electrons. The molecule has 0 spiro atoms. The fourth-order valence-electron chi connectivity index (χ4n) is 0. The van der Waals surface area contributed by atoms with Crippen molar-refractivity contribution >= 4 is 53.3 Å². The van der Waals surface area contributed by atoms with Crippen molar-refractivity contribution in [3.8, 4) is 0 Å². The van der Waals surface area contributed by atoms with Crippen molar-refractivity contribution in [2.24, 2.45) is 0 Å². The Morgan fingerprint density at radius 3 is 1.75 bits per heavy atom. The average Bonchev–Trinajstić information content (AvgIpc) is 1.35. The van der Waals surface area contributed by atoms with Crippen LogP contribution in [0.2, 0.25) is 0 Å². The summed E-state index contributed by atoms with van der Waals surface area (Å²) in [6.45, 7) is 0. The Balaban J connectivity index is -0.0000000208. The van der Waals surface area contributed by atoms with Crippen molar-refractivity contribution in [3.05, 3.63) is 0 Å². The third-order valence-corrected chi connectivity index (χ3v) is 0.270. The molecule has 0 unspecified atom stereocenters. The maximum Gasteiger partial charge on any atom is 2.00 e. The molecule has 0 atom stereocenters. The van der Waals surface area contributed by atoms with E-state index in [1.165, 1.54) is 0 Å². The molecule has 0 radical (unpaired) electrons. The molecule has 0 bridgehead atoms. The Bertz CT molecular complexity index is 87.3. The van der Waals surface area contributed by atoms with Gasteiger partial charge in [-0.2, -0.15) is 0 Å². The van der Waals surface area contributed by atoms with Crippen LogP contribution in [0.5, 0.6) is 0 Å². The van der Waals surface area contributed by atoms with Gasteiger partial charge in [-0.3, -0.25) is 0 Å². The monoisotopic (exact) mass is 380 g/mol. The van der Waals surface area contributed by atoms with E-state index in [0.717, 1.165) is 0 Å². The van der Waals surface area contributed by atoms with Crippen molar-refractivity contribution < 1.29 is 73.4 Å². The van der Waals surface area contributed by atoms with Crippen molar-refractivity contribution in [2.45, 2.75) is 0 Å². The van der Waals surface area contributed by atoms with Gasteiger partial charge < -0.3 is 12.6 Å². The van der Waals surface area contributed by atoms with E-state index in [9.17, 15) is 4.53 Å². The quantitative estimate of drug-likeness (QED) is 0.491. The summed E-state index contributed by atoms with van der Waals surface area (Å²) in [5.74, 6) is 0. The molecule has 0 fully saturated rings. The van der Waals surface area contributed by atoms with Crippen LogP contribution in [0.15, 0.2) is 0 Å². The number of rotatable bonds is 1. The van der Waals surface area contributed by atoms with Crippen LogP contribution in [0, 0.1) is 46.9 Å². The molecule has 0 aromatic rings. The van der Waals surface area contributed by atoms with Gasteiger partial charge in [0.05, 0.1) is 0 Å². The summed E-state index contributed by atoms with van der Waals surface area (Å²) in [7, 11) is -4.81. The smallest absolute Gasteiger partial charge is 1.00 e. The second kappa shape index (κ2) is 8.14. The van der Waals surface area contributed by atoms with Crippen LogP contribution in [0.25, 0.3) is 0 Å². The third-order valence-electron chi connectivity index (χ3n) is 0.0899. The maximum absolute atomic E-state index is 10.2. The van der Waals surface area contributed by atoms with Gasteiger partial charge >= 0.3 is 53.3 Å². The van der Waals surface area contributed by atoms with Crippen molar-refractivity contribution in [1.29, 1.82) is 0 Å². The van der Waals surface area contributed by atoms with Gasteiger partial charge in [-0.25, -0.2) is 4.57 Å². The molecule has 0 rings (SSSR count). The van der Waals surface area contributed by atoms with Gasteiger partial charge in [0.25, 0.3) is 0 Å². The molecule has 8 heavy (non-hydrogen) atoms. The molecule has 0 saturated heterocycles. The molecular formula is H4FO4PSrYb. The third kappa shape index (κ3) is 16.0. The molecule has 0 aliphatic carbocycles. The second-order valence-corrected chi connectivity index (χ2v) is 1.68. The van der Waals surface area contributed by atoms with Crippen molar-refractivity contribution in [3.63, 3.8) is 0 Å². The number of halogens is 1. The number of hydrogen-bond donors (Lipinski definition) is 2. The molecule has 0 aromatic carbocycles. The van der Waals surface area contributed by atoms with Crippen LogP contribution in [0.3, 0.4) is 0 Å². The topological polar surface area (TPSA) is 66.8 Å². The van der Waals surface area contributed by atoms with Crippen LogP contribution in [0.4, 0.5) is 4.53 Å². The molecule has 0 aliphatic rings. The Morgan fingerprint density at radius 1 is 1.62 bits per heavy atom. The molecule has 0 aliphatic heterocycles. The molecule has 2 N–H and O–H groups in total. The molecular weight excluding hydrogens is 375 g/mol. The van der Waals surface area contributed by atoms with Gasteiger partial charge in [-0.15, -0.1) is 0 Å². The molecule has 0 saturated carbocycles. The van der Waals surface area contributed by atoms with Crippen LogP contribution in [-0.4, -0.2) is 55.3 Å². The zero-order valence-corrected chi connectivity index (χ0v) is 9.60. The Hall–Kier alpha value is 3.04. The van der Waals surface area contributed by atoms with E-state index in [1.54, 1.807) is 0 Å². The zero-order valence-electron chi connectivity index (χ0n) is 5.51. The van der Waals surface area contributed by atoms with E-state index in [0.29, 0.717) is 0 Å². The van der Waals surface area contributed by atoms with Crippen LogP contribution < -0.4 is 0 Å². The maximum atomic E-state index is 10.2. The SMILES string of the molecule is O=P(O)(O)OF.[H-].[H-].[Sr+2].[Yb]. The van der Waals surface area contributed by atoms with Gasteiger partial charge in [0, 0.05) is 46.9 Å². The van der Waals surface area contributed by atoms with Crippen LogP contribution >= 0.6 is 7.82 Å². The van der Waals surface area contributed by atoms with E-state index in [-0.39, 0.29) is 95.3 Å². The van der Waals surface area contributed by atoms with E-state index in [2.05, 4.69) is 4.73 Å². The predicted molar refractivity (Wildman–Crippen MR) is 22.2 cm³/mol. The van der Waals surface area contributed by atoms with Gasteiger partial charge in [0.1, 0.15) is 0 Å². The average molecular weight is 379 g/mol. The van der Waals surface area contributed by atoms with Gasteiger partial charge in [0.2, 0.25) is 0 Å². The van der Waals surface area contributed by atoms with Crippen LogP contribution in [0.1, 0.15) is 2.85 Å². The van der Waals surface area contributed by atoms with E-state index in [1.807, 2.05) is 0 Å². The second-order valence-electron chi connectivity index (χ2n) is 0.560. The molecule has 0 aromatic heterocycles. The molecule has 0 heterocycles. The minimum Gasteiger partial charge on any atom is -1.00 e. The number of hydrogen-bond acceptors (Lipinski definition) is 2. The van der Waals surface area contributed by atoms with E-state index >= 15 is 0 Å². The Labute approximate surface area is 124 Å². The molecule has 0 amide bonds. The van der Waals surface area contributed by atoms with Crippen LogP contribution in [-0.2, 0) is 9.29 Å². The summed E-state index contributed by atoms with van der Waals surface area (Å²) < 4.78 is 21.4. The first-order chi connectivity index (χ1) is 2.56. The van der Waals surface area contributed by atoms with Crippen molar-refractivity contribution in [2.75, 3.05) is 0 Å². The normalized spacial score (nSPS) is 8.88. The first-order valence-electron chi connectivity index (χ1n) is 0.919. The van der Waals surface area contributed by atoms with E-state index < -0.39 is 7.82 Å². The van der Waals surface area contributed by atoms with E-state index in [4.69, 9.17) is 14.4 Å². The van der Waals surface area contributed by atoms with Gasteiger partial charge in [-0.1, -0.05) is 4.73 Å². The Morgan fingerprint density at radius 2 is 1.75 bits per heavy atom. The fourth-order valence-corrected chi connectivity index (χ4v) is 0. The summed E-state index contributed by atoms with van der Waals surface area (Å²) in [5, 5.41) is 0. The van der Waals surface area contributed by atoms with Crippen molar-refractivity contribution in [1.82, 2.24) is 0 Å². The Kier molecular flexibility index (Phi) is 17.5. The first-order valence-corrected chi connectivity index (χ1v) is 2.45. The van der Waals surface area contributed by atoms with Gasteiger partial charge in [-0.05, 0) is 4.53 Å². The minimum atomic E-state index is -4.81. The molecule has 8 heteroatoms. The largest absolute Gasteiger partial charge is 2.00 e. The zero-order chi connectivity index (χ0) is 5.21.